The average Bonchev–Trinajstić information content (AvgIpc) is 2.87. The van der Waals surface area contributed by atoms with E-state index in [1.807, 2.05) is 13.8 Å². The normalized spacial score (nSPS) is 18.6. The Balaban J connectivity index is 0. The molecule has 0 atom stereocenters. The van der Waals surface area contributed by atoms with Crippen molar-refractivity contribution in [3.05, 3.63) is 0 Å². The molecule has 11 heteroatoms. The average molecular weight is 544 g/mol. The molecule has 0 unspecified atom stereocenters. The number of alkyl halides is 1. The lowest BCUT2D eigenvalue weighted by Gasteiger charge is -2.24. The van der Waals surface area contributed by atoms with Crippen LogP contribution in [-0.4, -0.2) is 90.1 Å². The standard InChI is InChI=1S/C9H18N2O.C6H12ClN.C6H14N2O.C3H7NO.ClH/c1-9(2)10-12-8-11-6-4-3-5-7-11;7-6-8-4-2-1-3-5-8;7-9-6-8-4-2-1-3-5-8;1-3(2)4-5;/h3-8H2,1-2H3;1-6H2;1-7H2;5H,1-2H3;1H. The summed E-state index contributed by atoms with van der Waals surface area (Å²) in [6.07, 6.45) is 12.0. The molecule has 0 radical (unpaired) electrons. The highest BCUT2D eigenvalue weighted by Gasteiger charge is 2.09. The minimum atomic E-state index is 0. The van der Waals surface area contributed by atoms with Crippen molar-refractivity contribution in [2.24, 2.45) is 16.2 Å². The molecule has 3 fully saturated rings. The molecule has 0 aromatic carbocycles. The zero-order chi connectivity index (χ0) is 25.4. The van der Waals surface area contributed by atoms with E-state index in [9.17, 15) is 0 Å². The number of piperidine rings is 3. The molecule has 3 aliphatic heterocycles. The van der Waals surface area contributed by atoms with E-state index in [4.69, 9.17) is 27.5 Å². The third-order valence-corrected chi connectivity index (χ3v) is 5.80. The van der Waals surface area contributed by atoms with Crippen LogP contribution in [0, 0.1) is 0 Å². The van der Waals surface area contributed by atoms with E-state index in [1.165, 1.54) is 70.9 Å². The lowest BCUT2D eigenvalue weighted by molar-refractivity contribution is 0.0184. The van der Waals surface area contributed by atoms with Gasteiger partial charge in [-0.05, 0) is 79.3 Å². The third-order valence-electron chi connectivity index (χ3n) is 5.46. The van der Waals surface area contributed by atoms with Crippen molar-refractivity contribution >= 4 is 35.4 Å². The van der Waals surface area contributed by atoms with Crippen LogP contribution in [0.3, 0.4) is 0 Å². The summed E-state index contributed by atoms with van der Waals surface area (Å²) >= 11 is 5.61. The van der Waals surface area contributed by atoms with Crippen LogP contribution in [-0.2, 0) is 9.68 Å². The Morgan fingerprint density at radius 1 is 0.714 bits per heavy atom. The van der Waals surface area contributed by atoms with Crippen molar-refractivity contribution in [2.75, 3.05) is 58.7 Å². The zero-order valence-electron chi connectivity index (χ0n) is 22.6. The van der Waals surface area contributed by atoms with Gasteiger partial charge >= 0.3 is 0 Å². The number of nitrogens with two attached hydrogens (primary N) is 1. The van der Waals surface area contributed by atoms with Gasteiger partial charge in [0.15, 0.2) is 6.73 Å². The Morgan fingerprint density at radius 2 is 1.09 bits per heavy atom. The molecule has 0 bridgehead atoms. The molecule has 0 spiro atoms. The van der Waals surface area contributed by atoms with Crippen LogP contribution in [0.2, 0.25) is 0 Å². The highest BCUT2D eigenvalue weighted by Crippen LogP contribution is 2.09. The molecule has 210 valence electrons. The molecule has 9 nitrogen and oxygen atoms in total. The molecule has 3 N–H and O–H groups in total. The Labute approximate surface area is 225 Å². The van der Waals surface area contributed by atoms with Gasteiger partial charge in [-0.2, -0.15) is 0 Å². The van der Waals surface area contributed by atoms with Gasteiger partial charge in [0.2, 0.25) is 0 Å². The van der Waals surface area contributed by atoms with Gasteiger partial charge in [-0.3, -0.25) is 19.5 Å². The number of rotatable bonds is 6. The van der Waals surface area contributed by atoms with E-state index in [1.54, 1.807) is 13.8 Å². The van der Waals surface area contributed by atoms with Gasteiger partial charge in [0.25, 0.3) is 0 Å². The zero-order valence-corrected chi connectivity index (χ0v) is 24.2. The summed E-state index contributed by atoms with van der Waals surface area (Å²) < 4.78 is 0. The smallest absolute Gasteiger partial charge is 0.170 e. The van der Waals surface area contributed by atoms with Gasteiger partial charge in [-0.15, -0.1) is 24.0 Å². The molecular weight excluding hydrogens is 491 g/mol. The maximum atomic E-state index is 7.73. The van der Waals surface area contributed by atoms with E-state index in [0.29, 0.717) is 19.2 Å². The van der Waals surface area contributed by atoms with E-state index >= 15 is 0 Å². The molecule has 0 aliphatic carbocycles. The fourth-order valence-electron chi connectivity index (χ4n) is 3.60. The minimum absolute atomic E-state index is 0. The highest BCUT2D eigenvalue weighted by atomic mass is 35.5. The number of hydrogen-bond acceptors (Lipinski definition) is 9. The SMILES string of the molecule is CC(C)=NO.CC(C)=NOCN1CCCCC1.Cl.ClCN1CCCCC1.NOCN1CCCCC1. The number of hydrogen-bond donors (Lipinski definition) is 2. The molecule has 3 saturated heterocycles. The first-order chi connectivity index (χ1) is 16.4. The highest BCUT2D eigenvalue weighted by molar-refractivity contribution is 6.17. The van der Waals surface area contributed by atoms with Gasteiger partial charge in [-0.1, -0.05) is 29.6 Å². The van der Waals surface area contributed by atoms with Gasteiger partial charge in [-0.25, -0.2) is 5.90 Å². The molecule has 0 aromatic heterocycles. The summed E-state index contributed by atoms with van der Waals surface area (Å²) in [5, 5.41) is 14.4. The van der Waals surface area contributed by atoms with Crippen molar-refractivity contribution < 1.29 is 14.9 Å². The summed E-state index contributed by atoms with van der Waals surface area (Å²) in [7, 11) is 0. The van der Waals surface area contributed by atoms with Gasteiger partial charge in [0.05, 0.1) is 17.4 Å². The fourth-order valence-corrected chi connectivity index (χ4v) is 3.84. The van der Waals surface area contributed by atoms with Gasteiger partial charge in [0.1, 0.15) is 6.73 Å². The molecule has 3 rings (SSSR count). The van der Waals surface area contributed by atoms with Crippen molar-refractivity contribution in [3.63, 3.8) is 0 Å². The Kier molecular flexibility index (Phi) is 27.5. The molecule has 0 amide bonds. The molecule has 3 heterocycles. The first-order valence-corrected chi connectivity index (χ1v) is 13.3. The third kappa shape index (κ3) is 24.8. The second-order valence-corrected chi connectivity index (χ2v) is 9.53. The number of nitrogens with zero attached hydrogens (tertiary/aromatic N) is 5. The molecule has 0 saturated carbocycles. The Bertz CT molecular complexity index is 501. The molecule has 3 aliphatic rings. The maximum Gasteiger partial charge on any atom is 0.170 e. The van der Waals surface area contributed by atoms with Crippen LogP contribution in [0.4, 0.5) is 0 Å². The first-order valence-electron chi connectivity index (χ1n) is 12.8. The second-order valence-electron chi connectivity index (χ2n) is 9.30. The number of halogens is 2. The van der Waals surface area contributed by atoms with E-state index < -0.39 is 0 Å². The van der Waals surface area contributed by atoms with Crippen molar-refractivity contribution in [1.82, 2.24) is 14.7 Å². The second kappa shape index (κ2) is 26.4. The van der Waals surface area contributed by atoms with E-state index in [2.05, 4.69) is 29.8 Å². The summed E-state index contributed by atoms with van der Waals surface area (Å²) in [4.78, 5) is 16.5. The molecular formula is C24H52Cl2N6O3. The lowest BCUT2D eigenvalue weighted by atomic mass is 10.1. The summed E-state index contributed by atoms with van der Waals surface area (Å²) in [5.41, 5.74) is 1.66. The molecule has 0 aromatic rings. The molecule has 35 heavy (non-hydrogen) atoms. The lowest BCUT2D eigenvalue weighted by Crippen LogP contribution is -2.32. The predicted molar refractivity (Wildman–Crippen MR) is 150 cm³/mol. The van der Waals surface area contributed by atoms with E-state index in [0.717, 1.165) is 37.9 Å². The van der Waals surface area contributed by atoms with Crippen LogP contribution in [0.5, 0.6) is 0 Å². The monoisotopic (exact) mass is 542 g/mol. The summed E-state index contributed by atoms with van der Waals surface area (Å²) in [6.45, 7) is 15.6. The predicted octanol–water partition coefficient (Wildman–Crippen LogP) is 5.11. The fraction of sp³-hybridized carbons (Fsp3) is 0.917. The quantitative estimate of drug-likeness (QED) is 0.158. The van der Waals surface area contributed by atoms with E-state index in [-0.39, 0.29) is 12.4 Å². The Hall–Kier alpha value is -0.680. The Morgan fingerprint density at radius 3 is 1.37 bits per heavy atom. The number of oxime groups is 2. The van der Waals surface area contributed by atoms with Crippen LogP contribution in [0.15, 0.2) is 10.3 Å². The topological polar surface area (TPSA) is 99.2 Å². The van der Waals surface area contributed by atoms with Crippen molar-refractivity contribution in [1.29, 1.82) is 0 Å². The van der Waals surface area contributed by atoms with Crippen molar-refractivity contribution in [3.8, 4) is 0 Å². The van der Waals surface area contributed by atoms with Crippen LogP contribution >= 0.6 is 24.0 Å². The largest absolute Gasteiger partial charge is 0.411 e. The minimum Gasteiger partial charge on any atom is -0.411 e. The van der Waals surface area contributed by atoms with Crippen LogP contribution in [0.25, 0.3) is 0 Å². The van der Waals surface area contributed by atoms with Crippen LogP contribution in [0.1, 0.15) is 85.5 Å². The number of likely N-dealkylation sites (tertiary alicyclic amines) is 3. The van der Waals surface area contributed by atoms with Crippen molar-refractivity contribution in [2.45, 2.75) is 85.5 Å². The summed E-state index contributed by atoms with van der Waals surface area (Å²) in [5.74, 6) is 4.92. The van der Waals surface area contributed by atoms with Gasteiger partial charge in [0, 0.05) is 26.2 Å². The maximum absolute atomic E-state index is 7.73. The van der Waals surface area contributed by atoms with Crippen LogP contribution < -0.4 is 5.90 Å². The van der Waals surface area contributed by atoms with Gasteiger partial charge < -0.3 is 10.0 Å². The first kappa shape index (κ1) is 36.5. The summed E-state index contributed by atoms with van der Waals surface area (Å²) in [6, 6.07) is 0.722.